The lowest BCUT2D eigenvalue weighted by atomic mass is 10.1. The number of aromatic nitrogens is 5. The second-order valence-electron chi connectivity index (χ2n) is 7.11. The Bertz CT molecular complexity index is 1110. The molecule has 1 N–H and O–H groups in total. The van der Waals surface area contributed by atoms with E-state index >= 15 is 0 Å². The molecule has 0 radical (unpaired) electrons. The summed E-state index contributed by atoms with van der Waals surface area (Å²) in [6.45, 7) is 4.92. The number of rotatable bonds is 7. The number of hydrogen-bond acceptors (Lipinski definition) is 5. The van der Waals surface area contributed by atoms with Gasteiger partial charge in [-0.2, -0.15) is 5.10 Å². The Labute approximate surface area is 178 Å². The fraction of sp³-hybridized carbons (Fsp3) is 0.273. The summed E-state index contributed by atoms with van der Waals surface area (Å²) in [6, 6.07) is 12.5. The Balaban J connectivity index is 1.56. The first-order valence-corrected chi connectivity index (χ1v) is 10.5. The summed E-state index contributed by atoms with van der Waals surface area (Å²) in [5.74, 6) is 1.57. The van der Waals surface area contributed by atoms with E-state index in [0.29, 0.717) is 0 Å². The molecular formula is C22H23BrN6. The molecule has 0 saturated carbocycles. The number of benzene rings is 1. The van der Waals surface area contributed by atoms with Crippen LogP contribution in [0.15, 0.2) is 59.5 Å². The lowest BCUT2D eigenvalue weighted by molar-refractivity contribution is 0.575. The zero-order valence-electron chi connectivity index (χ0n) is 16.5. The first-order chi connectivity index (χ1) is 14.1. The van der Waals surface area contributed by atoms with Crippen molar-refractivity contribution in [3.8, 4) is 0 Å². The van der Waals surface area contributed by atoms with Crippen LogP contribution in [0, 0.1) is 6.92 Å². The van der Waals surface area contributed by atoms with Crippen LogP contribution < -0.4 is 5.32 Å². The van der Waals surface area contributed by atoms with Crippen molar-refractivity contribution >= 4 is 32.7 Å². The predicted molar refractivity (Wildman–Crippen MR) is 119 cm³/mol. The molecule has 7 heteroatoms. The first kappa shape index (κ1) is 19.5. The number of nitrogens with one attached hydrogen (secondary N) is 1. The van der Waals surface area contributed by atoms with Crippen LogP contribution in [0.5, 0.6) is 0 Å². The fourth-order valence-corrected chi connectivity index (χ4v) is 3.77. The van der Waals surface area contributed by atoms with Crippen LogP contribution in [0.25, 0.3) is 10.9 Å². The van der Waals surface area contributed by atoms with Gasteiger partial charge in [-0.05, 0) is 56.5 Å². The Kier molecular flexibility index (Phi) is 5.85. The third-order valence-corrected chi connectivity index (χ3v) is 5.33. The quantitative estimate of drug-likeness (QED) is 0.424. The highest BCUT2D eigenvalue weighted by molar-refractivity contribution is 9.10. The van der Waals surface area contributed by atoms with Crippen LogP contribution in [0.3, 0.4) is 0 Å². The van der Waals surface area contributed by atoms with E-state index in [9.17, 15) is 0 Å². The summed E-state index contributed by atoms with van der Waals surface area (Å²) in [5.41, 5.74) is 3.09. The van der Waals surface area contributed by atoms with E-state index in [-0.39, 0.29) is 6.04 Å². The standard InChI is InChI=1S/C22H23BrN6/c1-15(17-6-3-7-18(23)12-17)26-22-20-13-19(8-4-10-29-11-5-9-25-29)24-14-21(20)27-16(2)28-22/h3,5-7,9,11-15H,4,8,10H2,1-2H3,(H,26,27,28)/t15-/m1/s1. The summed E-state index contributed by atoms with van der Waals surface area (Å²) < 4.78 is 3.01. The topological polar surface area (TPSA) is 68.5 Å². The second-order valence-corrected chi connectivity index (χ2v) is 8.02. The molecule has 1 atom stereocenters. The van der Waals surface area contributed by atoms with Gasteiger partial charge in [0.15, 0.2) is 0 Å². The van der Waals surface area contributed by atoms with Gasteiger partial charge < -0.3 is 5.32 Å². The van der Waals surface area contributed by atoms with Gasteiger partial charge in [0.1, 0.15) is 11.6 Å². The lowest BCUT2D eigenvalue weighted by Crippen LogP contribution is -2.10. The van der Waals surface area contributed by atoms with E-state index in [1.807, 2.05) is 42.2 Å². The maximum atomic E-state index is 4.68. The maximum Gasteiger partial charge on any atom is 0.138 e. The number of pyridine rings is 1. The van der Waals surface area contributed by atoms with E-state index < -0.39 is 0 Å². The number of aryl methyl sites for hydroxylation is 3. The Morgan fingerprint density at radius 1 is 1.17 bits per heavy atom. The predicted octanol–water partition coefficient (Wildman–Crippen LogP) is 5.10. The van der Waals surface area contributed by atoms with Crippen molar-refractivity contribution in [2.75, 3.05) is 5.32 Å². The highest BCUT2D eigenvalue weighted by atomic mass is 79.9. The minimum absolute atomic E-state index is 0.112. The van der Waals surface area contributed by atoms with Gasteiger partial charge >= 0.3 is 0 Å². The normalized spacial score (nSPS) is 12.2. The molecule has 3 heterocycles. The summed E-state index contributed by atoms with van der Waals surface area (Å²) in [5, 5.41) is 8.81. The number of anilines is 1. The van der Waals surface area contributed by atoms with Crippen molar-refractivity contribution in [3.05, 3.63) is 76.5 Å². The monoisotopic (exact) mass is 450 g/mol. The molecule has 4 aromatic rings. The summed E-state index contributed by atoms with van der Waals surface area (Å²) >= 11 is 3.55. The molecule has 0 unspecified atom stereocenters. The molecule has 0 amide bonds. The molecule has 6 nitrogen and oxygen atoms in total. The molecule has 0 bridgehead atoms. The zero-order chi connectivity index (χ0) is 20.2. The molecule has 29 heavy (non-hydrogen) atoms. The number of halogens is 1. The van der Waals surface area contributed by atoms with E-state index in [0.717, 1.165) is 52.1 Å². The molecule has 4 rings (SSSR count). The van der Waals surface area contributed by atoms with Crippen molar-refractivity contribution in [1.29, 1.82) is 0 Å². The Morgan fingerprint density at radius 2 is 2.07 bits per heavy atom. The van der Waals surface area contributed by atoms with E-state index in [1.165, 1.54) is 5.56 Å². The van der Waals surface area contributed by atoms with Crippen LogP contribution in [-0.2, 0) is 13.0 Å². The minimum atomic E-state index is 0.112. The Hall–Kier alpha value is -2.80. The highest BCUT2D eigenvalue weighted by Crippen LogP contribution is 2.26. The maximum absolute atomic E-state index is 4.68. The number of hydrogen-bond donors (Lipinski definition) is 1. The van der Waals surface area contributed by atoms with E-state index in [2.05, 4.69) is 66.4 Å². The SMILES string of the molecule is Cc1nc(N[C@H](C)c2cccc(Br)c2)c2cc(CCCn3cccn3)ncc2n1. The average Bonchev–Trinajstić information content (AvgIpc) is 3.22. The molecule has 0 aliphatic carbocycles. The van der Waals surface area contributed by atoms with Crippen LogP contribution >= 0.6 is 15.9 Å². The van der Waals surface area contributed by atoms with Gasteiger partial charge in [-0.3, -0.25) is 9.67 Å². The van der Waals surface area contributed by atoms with Gasteiger partial charge in [-0.15, -0.1) is 0 Å². The van der Waals surface area contributed by atoms with Crippen molar-refractivity contribution in [1.82, 2.24) is 24.7 Å². The molecule has 0 saturated heterocycles. The third kappa shape index (κ3) is 4.79. The molecular weight excluding hydrogens is 428 g/mol. The highest BCUT2D eigenvalue weighted by Gasteiger charge is 2.12. The van der Waals surface area contributed by atoms with Gasteiger partial charge in [0.2, 0.25) is 0 Å². The van der Waals surface area contributed by atoms with Crippen molar-refractivity contribution in [2.45, 2.75) is 39.3 Å². The van der Waals surface area contributed by atoms with Crippen LogP contribution in [0.4, 0.5) is 5.82 Å². The number of fused-ring (bicyclic) bond motifs is 1. The summed E-state index contributed by atoms with van der Waals surface area (Å²) in [7, 11) is 0. The minimum Gasteiger partial charge on any atom is -0.363 e. The number of nitrogens with zero attached hydrogens (tertiary/aromatic N) is 5. The first-order valence-electron chi connectivity index (χ1n) is 9.71. The van der Waals surface area contributed by atoms with Gasteiger partial charge in [0, 0.05) is 34.5 Å². The molecule has 3 aromatic heterocycles. The van der Waals surface area contributed by atoms with E-state index in [1.54, 1.807) is 6.20 Å². The summed E-state index contributed by atoms with van der Waals surface area (Å²) in [6.07, 6.45) is 7.49. The fourth-order valence-electron chi connectivity index (χ4n) is 3.36. The zero-order valence-corrected chi connectivity index (χ0v) is 18.1. The largest absolute Gasteiger partial charge is 0.363 e. The van der Waals surface area contributed by atoms with Crippen molar-refractivity contribution in [3.63, 3.8) is 0 Å². The van der Waals surface area contributed by atoms with Crippen molar-refractivity contribution in [2.24, 2.45) is 0 Å². The molecule has 0 spiro atoms. The molecule has 0 aliphatic rings. The third-order valence-electron chi connectivity index (χ3n) is 4.83. The smallest absolute Gasteiger partial charge is 0.138 e. The van der Waals surface area contributed by atoms with Crippen LogP contribution in [-0.4, -0.2) is 24.7 Å². The molecule has 1 aromatic carbocycles. The summed E-state index contributed by atoms with van der Waals surface area (Å²) in [4.78, 5) is 13.8. The molecule has 148 valence electrons. The van der Waals surface area contributed by atoms with Crippen molar-refractivity contribution < 1.29 is 0 Å². The Morgan fingerprint density at radius 3 is 2.86 bits per heavy atom. The van der Waals surface area contributed by atoms with Gasteiger partial charge in [-0.25, -0.2) is 9.97 Å². The van der Waals surface area contributed by atoms with Gasteiger partial charge in [0.05, 0.1) is 17.8 Å². The lowest BCUT2D eigenvalue weighted by Gasteiger charge is -2.17. The van der Waals surface area contributed by atoms with Crippen LogP contribution in [0.2, 0.25) is 0 Å². The van der Waals surface area contributed by atoms with Gasteiger partial charge in [0.25, 0.3) is 0 Å². The molecule has 0 aliphatic heterocycles. The second kappa shape index (κ2) is 8.69. The van der Waals surface area contributed by atoms with E-state index in [4.69, 9.17) is 0 Å². The molecule has 0 fully saturated rings. The average molecular weight is 451 g/mol. The van der Waals surface area contributed by atoms with Gasteiger partial charge in [-0.1, -0.05) is 28.1 Å². The van der Waals surface area contributed by atoms with Crippen LogP contribution in [0.1, 0.15) is 36.5 Å².